The summed E-state index contributed by atoms with van der Waals surface area (Å²) in [7, 11) is -3.49. The van der Waals surface area contributed by atoms with Gasteiger partial charge in [0.05, 0.1) is 5.92 Å². The highest BCUT2D eigenvalue weighted by atomic mass is 32.2. The zero-order valence-corrected chi connectivity index (χ0v) is 14.7. The number of sulfonamides is 1. The van der Waals surface area contributed by atoms with E-state index in [0.29, 0.717) is 30.1 Å². The van der Waals surface area contributed by atoms with Gasteiger partial charge in [-0.3, -0.25) is 9.78 Å². The lowest BCUT2D eigenvalue weighted by Gasteiger charge is -2.30. The number of rotatable bonds is 5. The summed E-state index contributed by atoms with van der Waals surface area (Å²) >= 11 is 1.20. The number of carbonyl (C=O) groups is 1. The number of thiophene rings is 1. The molecule has 0 spiro atoms. The van der Waals surface area contributed by atoms with Gasteiger partial charge in [-0.15, -0.1) is 11.3 Å². The minimum Gasteiger partial charge on any atom is -0.352 e. The molecule has 0 unspecified atom stereocenters. The molecular formula is C16H19N3O3S2. The van der Waals surface area contributed by atoms with Crippen LogP contribution in [0.25, 0.3) is 0 Å². The van der Waals surface area contributed by atoms with Crippen LogP contribution in [0.2, 0.25) is 0 Å². The van der Waals surface area contributed by atoms with Crippen molar-refractivity contribution >= 4 is 27.3 Å². The molecule has 1 amide bonds. The molecule has 0 radical (unpaired) electrons. The maximum Gasteiger partial charge on any atom is 0.252 e. The van der Waals surface area contributed by atoms with Crippen molar-refractivity contribution in [1.29, 1.82) is 0 Å². The van der Waals surface area contributed by atoms with Gasteiger partial charge in [0.1, 0.15) is 4.21 Å². The third kappa shape index (κ3) is 3.82. The Labute approximate surface area is 145 Å². The average molecular weight is 365 g/mol. The highest BCUT2D eigenvalue weighted by Gasteiger charge is 2.33. The van der Waals surface area contributed by atoms with Crippen LogP contribution in [0.15, 0.2) is 46.2 Å². The van der Waals surface area contributed by atoms with E-state index in [1.807, 2.05) is 12.1 Å². The number of aromatic nitrogens is 1. The molecule has 0 bridgehead atoms. The number of amides is 1. The van der Waals surface area contributed by atoms with E-state index in [9.17, 15) is 13.2 Å². The van der Waals surface area contributed by atoms with Crippen LogP contribution < -0.4 is 5.32 Å². The molecule has 1 aliphatic heterocycles. The first-order valence-corrected chi connectivity index (χ1v) is 10.1. The molecule has 1 atom stereocenters. The summed E-state index contributed by atoms with van der Waals surface area (Å²) in [6, 6.07) is 7.03. The van der Waals surface area contributed by atoms with E-state index in [-0.39, 0.29) is 18.4 Å². The molecule has 3 rings (SSSR count). The van der Waals surface area contributed by atoms with Crippen molar-refractivity contribution in [2.24, 2.45) is 5.92 Å². The Hall–Kier alpha value is -1.77. The SMILES string of the molecule is O=C(NCc1cccnc1)[C@@H]1CCCN(S(=O)(=O)c2cccs2)C1. The Bertz CT molecular complexity index is 776. The molecule has 2 aromatic heterocycles. The molecule has 0 aliphatic carbocycles. The van der Waals surface area contributed by atoms with E-state index in [1.54, 1.807) is 29.9 Å². The molecule has 24 heavy (non-hydrogen) atoms. The van der Waals surface area contributed by atoms with Gasteiger partial charge in [0.25, 0.3) is 10.0 Å². The molecule has 1 N–H and O–H groups in total. The molecule has 1 aliphatic rings. The lowest BCUT2D eigenvalue weighted by molar-refractivity contribution is -0.126. The van der Waals surface area contributed by atoms with Crippen molar-refractivity contribution in [3.8, 4) is 0 Å². The van der Waals surface area contributed by atoms with Crippen LogP contribution in [0.5, 0.6) is 0 Å². The Balaban J connectivity index is 1.62. The largest absolute Gasteiger partial charge is 0.352 e. The van der Waals surface area contributed by atoms with Crippen LogP contribution in [0.1, 0.15) is 18.4 Å². The van der Waals surface area contributed by atoms with Gasteiger partial charge in [-0.2, -0.15) is 4.31 Å². The zero-order valence-electron chi connectivity index (χ0n) is 13.1. The van der Waals surface area contributed by atoms with Crippen LogP contribution >= 0.6 is 11.3 Å². The quantitative estimate of drug-likeness (QED) is 0.877. The zero-order chi connectivity index (χ0) is 17.0. The van der Waals surface area contributed by atoms with Crippen molar-refractivity contribution in [3.05, 3.63) is 47.6 Å². The lowest BCUT2D eigenvalue weighted by atomic mass is 9.99. The fourth-order valence-corrected chi connectivity index (χ4v) is 5.42. The maximum atomic E-state index is 12.6. The Kier molecular flexibility index (Phi) is 5.27. The number of piperidine rings is 1. The summed E-state index contributed by atoms with van der Waals surface area (Å²) in [5.74, 6) is -0.421. The van der Waals surface area contributed by atoms with Crippen molar-refractivity contribution in [1.82, 2.24) is 14.6 Å². The number of hydrogen-bond acceptors (Lipinski definition) is 5. The molecule has 128 valence electrons. The van der Waals surface area contributed by atoms with Crippen molar-refractivity contribution in [2.45, 2.75) is 23.6 Å². The van der Waals surface area contributed by atoms with Crippen molar-refractivity contribution < 1.29 is 13.2 Å². The van der Waals surface area contributed by atoms with Gasteiger partial charge in [-0.05, 0) is 35.9 Å². The smallest absolute Gasteiger partial charge is 0.252 e. The third-order valence-corrected chi connectivity index (χ3v) is 7.27. The summed E-state index contributed by atoms with van der Waals surface area (Å²) < 4.78 is 26.9. The standard InChI is InChI=1S/C16H19N3O3S2/c20-16(18-11-13-4-1-7-17-10-13)14-5-2-8-19(12-14)24(21,22)15-6-3-9-23-15/h1,3-4,6-7,9-10,14H,2,5,8,11-12H2,(H,18,20)/t14-/m1/s1. The highest BCUT2D eigenvalue weighted by Crippen LogP contribution is 2.26. The van der Waals surface area contributed by atoms with Crippen LogP contribution in [-0.2, 0) is 21.4 Å². The first-order valence-electron chi connectivity index (χ1n) is 7.77. The Morgan fingerprint density at radius 2 is 2.25 bits per heavy atom. The lowest BCUT2D eigenvalue weighted by Crippen LogP contribution is -2.45. The average Bonchev–Trinajstić information content (AvgIpc) is 3.16. The van der Waals surface area contributed by atoms with Gasteiger partial charge >= 0.3 is 0 Å². The van der Waals surface area contributed by atoms with Gasteiger partial charge in [0, 0.05) is 32.0 Å². The first-order chi connectivity index (χ1) is 11.6. The van der Waals surface area contributed by atoms with E-state index >= 15 is 0 Å². The van der Waals surface area contributed by atoms with E-state index in [0.717, 1.165) is 5.56 Å². The molecule has 6 nitrogen and oxygen atoms in total. The number of nitrogens with one attached hydrogen (secondary N) is 1. The third-order valence-electron chi connectivity index (χ3n) is 4.03. The number of hydrogen-bond donors (Lipinski definition) is 1. The molecule has 0 saturated carbocycles. The fourth-order valence-electron chi connectivity index (χ4n) is 2.75. The van der Waals surface area contributed by atoms with E-state index in [4.69, 9.17) is 0 Å². The van der Waals surface area contributed by atoms with E-state index in [1.165, 1.54) is 15.6 Å². The summed E-state index contributed by atoms with van der Waals surface area (Å²) in [6.45, 7) is 1.10. The second-order valence-corrected chi connectivity index (χ2v) is 8.83. The number of pyridine rings is 1. The van der Waals surface area contributed by atoms with Crippen molar-refractivity contribution in [3.63, 3.8) is 0 Å². The minimum absolute atomic E-state index is 0.107. The first kappa shape index (κ1) is 17.1. The molecule has 1 fully saturated rings. The molecule has 3 heterocycles. The number of carbonyl (C=O) groups excluding carboxylic acids is 1. The van der Waals surface area contributed by atoms with Gasteiger partial charge < -0.3 is 5.32 Å². The highest BCUT2D eigenvalue weighted by molar-refractivity contribution is 7.91. The Morgan fingerprint density at radius 1 is 1.38 bits per heavy atom. The molecule has 0 aromatic carbocycles. The molecular weight excluding hydrogens is 346 g/mol. The van der Waals surface area contributed by atoms with Crippen LogP contribution in [0.4, 0.5) is 0 Å². The van der Waals surface area contributed by atoms with Crippen LogP contribution in [0.3, 0.4) is 0 Å². The summed E-state index contributed by atoms with van der Waals surface area (Å²) in [5, 5.41) is 4.62. The predicted octanol–water partition coefficient (Wildman–Crippen LogP) is 1.86. The maximum absolute atomic E-state index is 12.6. The monoisotopic (exact) mass is 365 g/mol. The Morgan fingerprint density at radius 3 is 2.96 bits per heavy atom. The second-order valence-electron chi connectivity index (χ2n) is 5.71. The van der Waals surface area contributed by atoms with E-state index < -0.39 is 10.0 Å². The second kappa shape index (κ2) is 7.42. The van der Waals surface area contributed by atoms with Crippen molar-refractivity contribution in [2.75, 3.05) is 13.1 Å². The molecule has 2 aromatic rings. The predicted molar refractivity (Wildman–Crippen MR) is 91.9 cm³/mol. The molecule has 8 heteroatoms. The normalized spacial score (nSPS) is 19.1. The van der Waals surface area contributed by atoms with Gasteiger partial charge in [0.2, 0.25) is 5.91 Å². The summed E-state index contributed by atoms with van der Waals surface area (Å²) in [6.07, 6.45) is 4.78. The van der Waals surface area contributed by atoms with Gasteiger partial charge in [-0.1, -0.05) is 12.1 Å². The minimum atomic E-state index is -3.49. The van der Waals surface area contributed by atoms with Gasteiger partial charge in [-0.25, -0.2) is 8.42 Å². The van der Waals surface area contributed by atoms with Crippen LogP contribution in [0, 0.1) is 5.92 Å². The van der Waals surface area contributed by atoms with E-state index in [2.05, 4.69) is 10.3 Å². The fraction of sp³-hybridized carbons (Fsp3) is 0.375. The topological polar surface area (TPSA) is 79.4 Å². The van der Waals surface area contributed by atoms with Crippen LogP contribution in [-0.4, -0.2) is 36.7 Å². The summed E-state index contributed by atoms with van der Waals surface area (Å²) in [4.78, 5) is 16.4. The van der Waals surface area contributed by atoms with Gasteiger partial charge in [0.15, 0.2) is 0 Å². The molecule has 1 saturated heterocycles. The summed E-state index contributed by atoms with van der Waals surface area (Å²) in [5.41, 5.74) is 0.921. The number of nitrogens with zero attached hydrogens (tertiary/aromatic N) is 2.